The van der Waals surface area contributed by atoms with E-state index in [2.05, 4.69) is 22.8 Å². The highest BCUT2D eigenvalue weighted by Gasteiger charge is 2.16. The molecule has 0 unspecified atom stereocenters. The number of hydrogen-bond donors (Lipinski definition) is 2. The first kappa shape index (κ1) is 16.5. The van der Waals surface area contributed by atoms with Crippen LogP contribution in [0.4, 0.5) is 0 Å². The maximum Gasteiger partial charge on any atom is 0.261 e. The number of carbonyl (C=O) groups is 1. The predicted molar refractivity (Wildman–Crippen MR) is 90.7 cm³/mol. The zero-order chi connectivity index (χ0) is 13.8. The van der Waals surface area contributed by atoms with E-state index in [1.54, 1.807) is 11.3 Å². The molecule has 0 spiro atoms. The van der Waals surface area contributed by atoms with Crippen LogP contribution in [0.5, 0.6) is 0 Å². The molecule has 0 atom stereocenters. The van der Waals surface area contributed by atoms with Gasteiger partial charge in [0.25, 0.3) is 5.91 Å². The van der Waals surface area contributed by atoms with E-state index in [0.29, 0.717) is 6.54 Å². The fourth-order valence-corrected chi connectivity index (χ4v) is 4.06. The minimum Gasteiger partial charge on any atom is -0.348 e. The second kappa shape index (κ2) is 7.97. The number of amides is 1. The highest BCUT2D eigenvalue weighted by molar-refractivity contribution is 7.14. The number of aryl methyl sites for hydroxylation is 2. The van der Waals surface area contributed by atoms with Gasteiger partial charge in [-0.15, -0.1) is 23.7 Å². The summed E-state index contributed by atoms with van der Waals surface area (Å²) in [6, 6.07) is 2.12. The Bertz CT molecular complexity index is 501. The van der Waals surface area contributed by atoms with E-state index in [9.17, 15) is 4.79 Å². The fourth-order valence-electron chi connectivity index (χ4n) is 2.89. The van der Waals surface area contributed by atoms with Crippen LogP contribution in [-0.2, 0) is 12.8 Å². The number of halogens is 1. The van der Waals surface area contributed by atoms with Crippen LogP contribution >= 0.6 is 23.7 Å². The Kier molecular flexibility index (Phi) is 6.27. The molecule has 0 bridgehead atoms. The molecule has 1 amide bonds. The van der Waals surface area contributed by atoms with E-state index in [4.69, 9.17) is 0 Å². The zero-order valence-corrected chi connectivity index (χ0v) is 13.9. The van der Waals surface area contributed by atoms with Gasteiger partial charge in [0, 0.05) is 18.0 Å². The number of hydrogen-bond acceptors (Lipinski definition) is 3. The lowest BCUT2D eigenvalue weighted by molar-refractivity contribution is 0.0960. The molecule has 116 valence electrons. The van der Waals surface area contributed by atoms with Gasteiger partial charge in [-0.3, -0.25) is 4.79 Å². The van der Waals surface area contributed by atoms with Gasteiger partial charge in [-0.25, -0.2) is 0 Å². The summed E-state index contributed by atoms with van der Waals surface area (Å²) < 4.78 is 0. The Balaban J connectivity index is 0.00000161. The van der Waals surface area contributed by atoms with Crippen LogP contribution in [0.15, 0.2) is 17.7 Å². The SMILES string of the molecule is Cl.O=C(NCC1=CCNCC1)c1cc2c(s1)CCCCC2. The van der Waals surface area contributed by atoms with E-state index < -0.39 is 0 Å². The van der Waals surface area contributed by atoms with Crippen molar-refractivity contribution in [2.75, 3.05) is 19.6 Å². The smallest absolute Gasteiger partial charge is 0.261 e. The molecule has 0 aromatic carbocycles. The van der Waals surface area contributed by atoms with Crippen molar-refractivity contribution in [3.05, 3.63) is 33.0 Å². The highest BCUT2D eigenvalue weighted by Crippen LogP contribution is 2.28. The van der Waals surface area contributed by atoms with Crippen molar-refractivity contribution in [3.63, 3.8) is 0 Å². The Morgan fingerprint density at radius 2 is 2.10 bits per heavy atom. The molecule has 1 aliphatic carbocycles. The summed E-state index contributed by atoms with van der Waals surface area (Å²) in [4.78, 5) is 14.6. The van der Waals surface area contributed by atoms with Gasteiger partial charge < -0.3 is 10.6 Å². The van der Waals surface area contributed by atoms with Crippen LogP contribution in [0.2, 0.25) is 0 Å². The van der Waals surface area contributed by atoms with E-state index in [-0.39, 0.29) is 18.3 Å². The van der Waals surface area contributed by atoms with Crippen molar-refractivity contribution in [1.29, 1.82) is 0 Å². The molecule has 0 radical (unpaired) electrons. The largest absolute Gasteiger partial charge is 0.348 e. The van der Waals surface area contributed by atoms with E-state index >= 15 is 0 Å². The van der Waals surface area contributed by atoms with Crippen molar-refractivity contribution < 1.29 is 4.79 Å². The third-order valence-corrected chi connectivity index (χ3v) is 5.34. The first-order valence-electron chi connectivity index (χ1n) is 7.61. The van der Waals surface area contributed by atoms with Crippen molar-refractivity contribution in [2.45, 2.75) is 38.5 Å². The summed E-state index contributed by atoms with van der Waals surface area (Å²) in [5, 5.41) is 6.35. The normalized spacial score (nSPS) is 18.0. The molecule has 2 heterocycles. The highest BCUT2D eigenvalue weighted by atomic mass is 35.5. The Labute approximate surface area is 136 Å². The number of rotatable bonds is 3. The molecular weight excluding hydrogens is 304 g/mol. The van der Waals surface area contributed by atoms with Gasteiger partial charge >= 0.3 is 0 Å². The van der Waals surface area contributed by atoms with Crippen LogP contribution in [0, 0.1) is 0 Å². The lowest BCUT2D eigenvalue weighted by Crippen LogP contribution is -2.29. The lowest BCUT2D eigenvalue weighted by atomic mass is 10.1. The van der Waals surface area contributed by atoms with Gasteiger partial charge in [0.1, 0.15) is 0 Å². The van der Waals surface area contributed by atoms with Crippen LogP contribution in [0.1, 0.15) is 45.8 Å². The van der Waals surface area contributed by atoms with E-state index in [1.807, 2.05) is 0 Å². The maximum atomic E-state index is 12.2. The van der Waals surface area contributed by atoms with Crippen molar-refractivity contribution >= 4 is 29.7 Å². The van der Waals surface area contributed by atoms with Crippen LogP contribution < -0.4 is 10.6 Å². The fraction of sp³-hybridized carbons (Fsp3) is 0.562. The average Bonchev–Trinajstić information content (AvgIpc) is 2.77. The quantitative estimate of drug-likeness (QED) is 0.662. The van der Waals surface area contributed by atoms with Gasteiger partial charge in [0.15, 0.2) is 0 Å². The minimum absolute atomic E-state index is 0. The number of fused-ring (bicyclic) bond motifs is 1. The van der Waals surface area contributed by atoms with Gasteiger partial charge in [0.05, 0.1) is 4.88 Å². The molecule has 1 aromatic rings. The molecule has 2 N–H and O–H groups in total. The molecule has 1 aliphatic heterocycles. The Morgan fingerprint density at radius 3 is 2.90 bits per heavy atom. The van der Waals surface area contributed by atoms with Crippen LogP contribution in [0.25, 0.3) is 0 Å². The van der Waals surface area contributed by atoms with Gasteiger partial charge in [0.2, 0.25) is 0 Å². The van der Waals surface area contributed by atoms with Crippen LogP contribution in [-0.4, -0.2) is 25.5 Å². The first-order chi connectivity index (χ1) is 9.83. The molecule has 0 saturated heterocycles. The average molecular weight is 327 g/mol. The standard InChI is InChI=1S/C16H22N2OS.ClH/c19-16(18-11-12-6-8-17-9-7-12)15-10-13-4-2-1-3-5-14(13)20-15;/h6,10,17H,1-5,7-9,11H2,(H,18,19);1H. The molecule has 0 fully saturated rings. The Morgan fingerprint density at radius 1 is 1.24 bits per heavy atom. The molecule has 3 rings (SSSR count). The molecular formula is C16H23ClN2OS. The van der Waals surface area contributed by atoms with Crippen molar-refractivity contribution in [3.8, 4) is 0 Å². The first-order valence-corrected chi connectivity index (χ1v) is 8.43. The van der Waals surface area contributed by atoms with Crippen molar-refractivity contribution in [2.24, 2.45) is 0 Å². The maximum absolute atomic E-state index is 12.2. The number of nitrogens with one attached hydrogen (secondary N) is 2. The predicted octanol–water partition coefficient (Wildman–Crippen LogP) is 3.09. The topological polar surface area (TPSA) is 41.1 Å². The van der Waals surface area contributed by atoms with E-state index in [1.165, 1.54) is 35.3 Å². The van der Waals surface area contributed by atoms with E-state index in [0.717, 1.165) is 37.2 Å². The summed E-state index contributed by atoms with van der Waals surface area (Å²) in [5.41, 5.74) is 2.76. The van der Waals surface area contributed by atoms with Crippen molar-refractivity contribution in [1.82, 2.24) is 10.6 Å². The van der Waals surface area contributed by atoms with Crippen LogP contribution in [0.3, 0.4) is 0 Å². The van der Waals surface area contributed by atoms with Gasteiger partial charge in [-0.05, 0) is 50.3 Å². The summed E-state index contributed by atoms with van der Waals surface area (Å²) in [6.07, 6.45) is 9.40. The second-order valence-corrected chi connectivity index (χ2v) is 6.76. The third-order valence-electron chi connectivity index (χ3n) is 4.10. The molecule has 1 aromatic heterocycles. The Hall–Kier alpha value is -0.840. The molecule has 5 heteroatoms. The summed E-state index contributed by atoms with van der Waals surface area (Å²) in [7, 11) is 0. The lowest BCUT2D eigenvalue weighted by Gasteiger charge is -2.14. The molecule has 21 heavy (non-hydrogen) atoms. The third kappa shape index (κ3) is 4.31. The minimum atomic E-state index is 0. The number of thiophene rings is 1. The summed E-state index contributed by atoms with van der Waals surface area (Å²) in [6.45, 7) is 2.65. The molecule has 3 nitrogen and oxygen atoms in total. The molecule has 2 aliphatic rings. The van der Waals surface area contributed by atoms with Gasteiger partial charge in [-0.2, -0.15) is 0 Å². The monoisotopic (exact) mass is 326 g/mol. The second-order valence-electron chi connectivity index (χ2n) is 5.62. The molecule has 0 saturated carbocycles. The summed E-state index contributed by atoms with van der Waals surface area (Å²) in [5.74, 6) is 0.0995. The number of carbonyl (C=O) groups excluding carboxylic acids is 1. The summed E-state index contributed by atoms with van der Waals surface area (Å²) >= 11 is 1.70. The zero-order valence-electron chi connectivity index (χ0n) is 12.2. The van der Waals surface area contributed by atoms with Gasteiger partial charge in [-0.1, -0.05) is 18.1 Å².